The quantitative estimate of drug-likeness (QED) is 0.380. The predicted octanol–water partition coefficient (Wildman–Crippen LogP) is 4.89. The summed E-state index contributed by atoms with van der Waals surface area (Å²) in [5.74, 6) is 0.602. The van der Waals surface area contributed by atoms with Gasteiger partial charge in [-0.15, -0.1) is 0 Å². The van der Waals surface area contributed by atoms with Crippen molar-refractivity contribution < 1.29 is 18.8 Å². The van der Waals surface area contributed by atoms with Gasteiger partial charge in [0.15, 0.2) is 16.1 Å². The van der Waals surface area contributed by atoms with Crippen LogP contribution in [-0.2, 0) is 11.0 Å². The minimum Gasteiger partial charge on any atom is -0.508 e. The van der Waals surface area contributed by atoms with E-state index in [-0.39, 0.29) is 17.3 Å². The fourth-order valence-corrected chi connectivity index (χ4v) is 4.83. The molecule has 1 heterocycles. The highest BCUT2D eigenvalue weighted by molar-refractivity contribution is 7.86. The lowest BCUT2D eigenvalue weighted by atomic mass is 10.1. The molecule has 1 unspecified atom stereocenters. The number of carbonyl (C=O) groups excluding carboxylic acids is 1. The van der Waals surface area contributed by atoms with Gasteiger partial charge in [0.25, 0.3) is 0 Å². The van der Waals surface area contributed by atoms with E-state index in [4.69, 9.17) is 4.74 Å². The Hall–Kier alpha value is -3.11. The molecule has 0 saturated heterocycles. The summed E-state index contributed by atoms with van der Waals surface area (Å²) in [7, 11) is -0.0911. The molecule has 4 N–H and O–H groups in total. The summed E-state index contributed by atoms with van der Waals surface area (Å²) >= 11 is 1.34. The number of nitrogens with one attached hydrogen (secondary N) is 3. The second-order valence-corrected chi connectivity index (χ2v) is 10.2. The maximum Gasteiger partial charge on any atom is 0.321 e. The van der Waals surface area contributed by atoms with E-state index >= 15 is 0 Å². The Morgan fingerprint density at radius 1 is 1.16 bits per heavy atom. The predicted molar refractivity (Wildman–Crippen MR) is 129 cm³/mol. The lowest BCUT2D eigenvalue weighted by Crippen LogP contribution is -2.43. The van der Waals surface area contributed by atoms with Gasteiger partial charge in [-0.3, -0.25) is 5.32 Å². The van der Waals surface area contributed by atoms with Gasteiger partial charge >= 0.3 is 6.03 Å². The number of thiazole rings is 1. The Morgan fingerprint density at radius 2 is 1.84 bits per heavy atom. The van der Waals surface area contributed by atoms with E-state index in [1.54, 1.807) is 24.3 Å². The number of ether oxygens (including phenoxy) is 1. The SMILES string of the molecule is COc1ccc(-c2sc(NC(=O)NC(C)(C)C)nc2C)cc1S(=O)Nc1ccc(O)cc1. The van der Waals surface area contributed by atoms with Crippen molar-refractivity contribution >= 4 is 39.2 Å². The van der Waals surface area contributed by atoms with Crippen LogP contribution in [0.15, 0.2) is 47.4 Å². The standard InChI is InChI=1S/C22H26N4O4S2/c1-13-19(31-21(23-13)24-20(28)25-22(2,3)4)14-6-11-17(30-5)18(12-14)32(29)26-15-7-9-16(27)10-8-15/h6-12,26-27H,1-5H3,(H2,23,24,25,28). The Bertz CT molecular complexity index is 1140. The molecule has 3 rings (SSSR count). The molecule has 8 nitrogen and oxygen atoms in total. The highest BCUT2D eigenvalue weighted by Gasteiger charge is 2.18. The summed E-state index contributed by atoms with van der Waals surface area (Å²) in [6.07, 6.45) is 0. The van der Waals surface area contributed by atoms with Gasteiger partial charge in [-0.25, -0.2) is 14.0 Å². The first-order chi connectivity index (χ1) is 15.1. The number of nitrogens with zero attached hydrogens (tertiary/aromatic N) is 1. The number of phenolic OH excluding ortho intramolecular Hbond substituents is 1. The smallest absolute Gasteiger partial charge is 0.321 e. The number of methoxy groups -OCH3 is 1. The van der Waals surface area contributed by atoms with Gasteiger partial charge in [-0.2, -0.15) is 0 Å². The number of anilines is 2. The van der Waals surface area contributed by atoms with Crippen molar-refractivity contribution in [3.63, 3.8) is 0 Å². The molecule has 0 aliphatic rings. The molecule has 0 saturated carbocycles. The zero-order valence-electron chi connectivity index (χ0n) is 18.5. The number of aromatic hydroxyl groups is 1. The molecule has 0 aliphatic heterocycles. The lowest BCUT2D eigenvalue weighted by molar-refractivity contribution is 0.244. The third-order valence-electron chi connectivity index (χ3n) is 4.21. The van der Waals surface area contributed by atoms with E-state index < -0.39 is 11.0 Å². The van der Waals surface area contributed by atoms with Crippen molar-refractivity contribution in [1.82, 2.24) is 10.3 Å². The fourth-order valence-electron chi connectivity index (χ4n) is 2.84. The van der Waals surface area contributed by atoms with Crippen molar-refractivity contribution in [2.24, 2.45) is 0 Å². The lowest BCUT2D eigenvalue weighted by Gasteiger charge is -2.20. The average Bonchev–Trinajstić information content (AvgIpc) is 3.07. The third kappa shape index (κ3) is 5.98. The molecule has 0 spiro atoms. The largest absolute Gasteiger partial charge is 0.508 e. The second kappa shape index (κ2) is 9.58. The van der Waals surface area contributed by atoms with Gasteiger partial charge in [0.1, 0.15) is 16.4 Å². The normalized spacial score (nSPS) is 12.2. The van der Waals surface area contributed by atoms with Crippen LogP contribution in [0.2, 0.25) is 0 Å². The monoisotopic (exact) mass is 474 g/mol. The van der Waals surface area contributed by atoms with Crippen LogP contribution in [0.4, 0.5) is 15.6 Å². The van der Waals surface area contributed by atoms with Gasteiger partial charge in [0, 0.05) is 11.2 Å². The molecule has 2 aromatic carbocycles. The van der Waals surface area contributed by atoms with Gasteiger partial charge in [-0.05, 0) is 75.7 Å². The van der Waals surface area contributed by atoms with Gasteiger partial charge in [0.2, 0.25) is 0 Å². The highest BCUT2D eigenvalue weighted by Crippen LogP contribution is 2.36. The molecule has 3 aromatic rings. The topological polar surface area (TPSA) is 113 Å². The number of amides is 2. The number of benzene rings is 2. The summed E-state index contributed by atoms with van der Waals surface area (Å²) in [6, 6.07) is 11.4. The number of aromatic nitrogens is 1. The first-order valence-electron chi connectivity index (χ1n) is 9.78. The van der Waals surface area contributed by atoms with E-state index in [1.165, 1.54) is 30.6 Å². The molecule has 170 valence electrons. The van der Waals surface area contributed by atoms with Crippen molar-refractivity contribution in [1.29, 1.82) is 0 Å². The molecule has 0 radical (unpaired) electrons. The number of hydrogen-bond acceptors (Lipinski definition) is 6. The Balaban J connectivity index is 1.86. The molecule has 0 bridgehead atoms. The maximum absolute atomic E-state index is 13.0. The van der Waals surface area contributed by atoms with Crippen LogP contribution in [0.1, 0.15) is 26.5 Å². The molecular formula is C22H26N4O4S2. The Morgan fingerprint density at radius 3 is 2.47 bits per heavy atom. The molecule has 2 amide bonds. The van der Waals surface area contributed by atoms with Gasteiger partial charge in [-0.1, -0.05) is 11.3 Å². The van der Waals surface area contributed by atoms with Gasteiger partial charge < -0.3 is 19.9 Å². The summed E-state index contributed by atoms with van der Waals surface area (Å²) < 4.78 is 21.3. The first-order valence-corrected chi connectivity index (χ1v) is 11.7. The zero-order chi connectivity index (χ0) is 23.5. The molecular weight excluding hydrogens is 448 g/mol. The van der Waals surface area contributed by atoms with E-state index in [9.17, 15) is 14.1 Å². The van der Waals surface area contributed by atoms with E-state index in [2.05, 4.69) is 20.3 Å². The molecule has 0 aliphatic carbocycles. The molecule has 1 atom stereocenters. The van der Waals surface area contributed by atoms with Crippen molar-refractivity contribution in [3.05, 3.63) is 48.2 Å². The Labute approximate surface area is 193 Å². The number of hydrogen-bond donors (Lipinski definition) is 4. The van der Waals surface area contributed by atoms with E-state index in [0.29, 0.717) is 21.5 Å². The second-order valence-electron chi connectivity index (χ2n) is 8.05. The number of phenols is 1. The fraction of sp³-hybridized carbons (Fsp3) is 0.273. The maximum atomic E-state index is 13.0. The molecule has 0 fully saturated rings. The van der Waals surface area contributed by atoms with E-state index in [1.807, 2.05) is 33.8 Å². The van der Waals surface area contributed by atoms with Crippen LogP contribution in [0.5, 0.6) is 11.5 Å². The number of aryl methyl sites for hydroxylation is 1. The van der Waals surface area contributed by atoms with Crippen molar-refractivity contribution in [3.8, 4) is 21.9 Å². The summed E-state index contributed by atoms with van der Waals surface area (Å²) in [5.41, 5.74) is 1.79. The summed E-state index contributed by atoms with van der Waals surface area (Å²) in [6.45, 7) is 7.55. The van der Waals surface area contributed by atoms with Crippen LogP contribution in [0.25, 0.3) is 10.4 Å². The summed E-state index contributed by atoms with van der Waals surface area (Å²) in [5, 5.41) is 15.5. The van der Waals surface area contributed by atoms with Crippen LogP contribution >= 0.6 is 11.3 Å². The van der Waals surface area contributed by atoms with Crippen molar-refractivity contribution in [2.75, 3.05) is 17.1 Å². The van der Waals surface area contributed by atoms with Crippen LogP contribution < -0.4 is 20.1 Å². The number of carbonyl (C=O) groups is 1. The van der Waals surface area contributed by atoms with Crippen LogP contribution in [0.3, 0.4) is 0 Å². The number of rotatable bonds is 6. The average molecular weight is 475 g/mol. The third-order valence-corrected chi connectivity index (χ3v) is 6.47. The summed E-state index contributed by atoms with van der Waals surface area (Å²) in [4.78, 5) is 17.9. The molecule has 10 heteroatoms. The van der Waals surface area contributed by atoms with Crippen LogP contribution in [0, 0.1) is 6.92 Å². The zero-order valence-corrected chi connectivity index (χ0v) is 20.1. The van der Waals surface area contributed by atoms with Crippen LogP contribution in [-0.4, -0.2) is 33.0 Å². The number of urea groups is 1. The van der Waals surface area contributed by atoms with Gasteiger partial charge in [0.05, 0.1) is 17.7 Å². The van der Waals surface area contributed by atoms with E-state index in [0.717, 1.165) is 16.1 Å². The minimum absolute atomic E-state index is 0.127. The first kappa shape index (κ1) is 23.6. The Kier molecular flexibility index (Phi) is 7.05. The minimum atomic E-state index is -1.61. The van der Waals surface area contributed by atoms with Crippen molar-refractivity contribution in [2.45, 2.75) is 38.1 Å². The molecule has 1 aromatic heterocycles. The highest BCUT2D eigenvalue weighted by atomic mass is 32.2. The molecule has 32 heavy (non-hydrogen) atoms.